The fourth-order valence-electron chi connectivity index (χ4n) is 2.41. The molecule has 0 bridgehead atoms. The van der Waals surface area contributed by atoms with E-state index in [1.807, 2.05) is 53.2 Å². The van der Waals surface area contributed by atoms with Crippen molar-refractivity contribution in [1.82, 2.24) is 9.55 Å². The Hall–Kier alpha value is -3.63. The lowest BCUT2D eigenvalue weighted by Crippen LogP contribution is -1.99. The highest BCUT2D eigenvalue weighted by molar-refractivity contribution is 5.71. The first-order valence-corrected chi connectivity index (χ1v) is 7.45. The number of nitriles is 2. The summed E-state index contributed by atoms with van der Waals surface area (Å²) in [7, 11) is 0. The first kappa shape index (κ1) is 15.3. The molecule has 3 aromatic rings. The Balaban J connectivity index is 1.90. The van der Waals surface area contributed by atoms with Crippen molar-refractivity contribution in [2.45, 2.75) is 6.54 Å². The van der Waals surface area contributed by atoms with Gasteiger partial charge in [-0.05, 0) is 41.0 Å². The SMILES string of the molecule is N#Cc1ccc(C=Cc2ccc(C#N)cc2Cn2ccnc2)cc1. The zero-order chi connectivity index (χ0) is 16.8. The lowest BCUT2D eigenvalue weighted by atomic mass is 10.0. The van der Waals surface area contributed by atoms with Gasteiger partial charge in [0.05, 0.1) is 29.6 Å². The van der Waals surface area contributed by atoms with Crippen LogP contribution in [-0.4, -0.2) is 9.55 Å². The molecule has 1 aromatic heterocycles. The monoisotopic (exact) mass is 310 g/mol. The number of benzene rings is 2. The van der Waals surface area contributed by atoms with Crippen molar-refractivity contribution < 1.29 is 0 Å². The van der Waals surface area contributed by atoms with E-state index in [9.17, 15) is 0 Å². The molecule has 0 atom stereocenters. The summed E-state index contributed by atoms with van der Waals surface area (Å²) in [6.07, 6.45) is 9.41. The van der Waals surface area contributed by atoms with Crippen molar-refractivity contribution in [3.05, 3.63) is 89.0 Å². The van der Waals surface area contributed by atoms with Gasteiger partial charge >= 0.3 is 0 Å². The molecule has 4 heteroatoms. The molecule has 114 valence electrons. The van der Waals surface area contributed by atoms with E-state index in [1.54, 1.807) is 24.7 Å². The molecular weight excluding hydrogens is 296 g/mol. The molecule has 4 nitrogen and oxygen atoms in total. The standard InChI is InChI=1S/C20H14N4/c21-12-17-3-1-16(2-4-17)5-7-19-8-6-18(13-22)11-20(19)14-24-10-9-23-15-24/h1-11,15H,14H2. The fraction of sp³-hybridized carbons (Fsp3) is 0.0500. The van der Waals surface area contributed by atoms with Crippen LogP contribution in [0.3, 0.4) is 0 Å². The highest BCUT2D eigenvalue weighted by Crippen LogP contribution is 2.17. The van der Waals surface area contributed by atoms with Gasteiger partial charge in [0.2, 0.25) is 0 Å². The van der Waals surface area contributed by atoms with Gasteiger partial charge in [0.1, 0.15) is 0 Å². The number of rotatable bonds is 4. The average molecular weight is 310 g/mol. The third-order valence-corrected chi connectivity index (χ3v) is 3.68. The van der Waals surface area contributed by atoms with Gasteiger partial charge in [0.15, 0.2) is 0 Å². The Morgan fingerprint density at radius 1 is 0.958 bits per heavy atom. The molecular formula is C20H14N4. The summed E-state index contributed by atoms with van der Waals surface area (Å²) >= 11 is 0. The Morgan fingerprint density at radius 2 is 1.71 bits per heavy atom. The molecule has 0 N–H and O–H groups in total. The van der Waals surface area contributed by atoms with Crippen molar-refractivity contribution in [2.24, 2.45) is 0 Å². The van der Waals surface area contributed by atoms with Crippen molar-refractivity contribution in [3.8, 4) is 12.1 Å². The largest absolute Gasteiger partial charge is 0.333 e. The van der Waals surface area contributed by atoms with Crippen LogP contribution >= 0.6 is 0 Å². The third kappa shape index (κ3) is 3.58. The number of imidazole rings is 1. The van der Waals surface area contributed by atoms with Gasteiger partial charge in [-0.25, -0.2) is 4.98 Å². The number of aromatic nitrogens is 2. The van der Waals surface area contributed by atoms with Crippen molar-refractivity contribution in [2.75, 3.05) is 0 Å². The van der Waals surface area contributed by atoms with E-state index in [1.165, 1.54) is 0 Å². The van der Waals surface area contributed by atoms with Gasteiger partial charge in [-0.1, -0.05) is 30.4 Å². The molecule has 0 saturated carbocycles. The summed E-state index contributed by atoms with van der Waals surface area (Å²) in [5.41, 5.74) is 4.41. The maximum Gasteiger partial charge on any atom is 0.0991 e. The molecule has 0 aliphatic heterocycles. The molecule has 0 radical (unpaired) electrons. The second kappa shape index (κ2) is 7.09. The van der Waals surface area contributed by atoms with Crippen LogP contribution in [0.15, 0.2) is 61.2 Å². The molecule has 3 rings (SSSR count). The molecule has 24 heavy (non-hydrogen) atoms. The molecule has 0 aliphatic carbocycles. The van der Waals surface area contributed by atoms with E-state index in [-0.39, 0.29) is 0 Å². The Morgan fingerprint density at radius 3 is 2.38 bits per heavy atom. The van der Waals surface area contributed by atoms with Crippen LogP contribution in [-0.2, 0) is 6.54 Å². The van der Waals surface area contributed by atoms with E-state index in [2.05, 4.69) is 17.1 Å². The average Bonchev–Trinajstić information content (AvgIpc) is 3.14. The van der Waals surface area contributed by atoms with Crippen LogP contribution in [0.5, 0.6) is 0 Å². The molecule has 0 aliphatic rings. The van der Waals surface area contributed by atoms with Gasteiger partial charge in [-0.3, -0.25) is 0 Å². The maximum atomic E-state index is 9.12. The summed E-state index contributed by atoms with van der Waals surface area (Å²) in [6, 6.07) is 17.4. The first-order chi connectivity index (χ1) is 11.8. The van der Waals surface area contributed by atoms with Crippen LogP contribution in [0.2, 0.25) is 0 Å². The molecule has 0 amide bonds. The van der Waals surface area contributed by atoms with Crippen LogP contribution in [0.1, 0.15) is 27.8 Å². The quantitative estimate of drug-likeness (QED) is 0.688. The third-order valence-electron chi connectivity index (χ3n) is 3.68. The predicted molar refractivity (Wildman–Crippen MR) is 92.6 cm³/mol. The Labute approximate surface area is 140 Å². The fourth-order valence-corrected chi connectivity index (χ4v) is 2.41. The second-order valence-electron chi connectivity index (χ2n) is 5.33. The number of hydrogen-bond acceptors (Lipinski definition) is 3. The molecule has 0 spiro atoms. The summed E-state index contributed by atoms with van der Waals surface area (Å²) in [5.74, 6) is 0. The Bertz CT molecular complexity index is 937. The first-order valence-electron chi connectivity index (χ1n) is 7.45. The highest BCUT2D eigenvalue weighted by atomic mass is 15.0. The van der Waals surface area contributed by atoms with Crippen LogP contribution in [0, 0.1) is 22.7 Å². The minimum atomic E-state index is 0.639. The molecule has 1 heterocycles. The van der Waals surface area contributed by atoms with E-state index in [4.69, 9.17) is 10.5 Å². The van der Waals surface area contributed by atoms with Crippen LogP contribution in [0.25, 0.3) is 12.2 Å². The second-order valence-corrected chi connectivity index (χ2v) is 5.33. The molecule has 2 aromatic carbocycles. The highest BCUT2D eigenvalue weighted by Gasteiger charge is 2.03. The minimum Gasteiger partial charge on any atom is -0.333 e. The molecule has 0 fully saturated rings. The van der Waals surface area contributed by atoms with Gasteiger partial charge < -0.3 is 4.57 Å². The molecule has 0 unspecified atom stereocenters. The lowest BCUT2D eigenvalue weighted by molar-refractivity contribution is 0.796. The summed E-state index contributed by atoms with van der Waals surface area (Å²) in [6.45, 7) is 0.655. The van der Waals surface area contributed by atoms with Crippen molar-refractivity contribution in [1.29, 1.82) is 10.5 Å². The smallest absolute Gasteiger partial charge is 0.0991 e. The van der Waals surface area contributed by atoms with Gasteiger partial charge in [0.25, 0.3) is 0 Å². The number of hydrogen-bond donors (Lipinski definition) is 0. The van der Waals surface area contributed by atoms with E-state index in [0.29, 0.717) is 17.7 Å². The minimum absolute atomic E-state index is 0.639. The molecule has 0 saturated heterocycles. The van der Waals surface area contributed by atoms with Gasteiger partial charge in [-0.2, -0.15) is 10.5 Å². The van der Waals surface area contributed by atoms with Crippen LogP contribution in [0.4, 0.5) is 0 Å². The zero-order valence-corrected chi connectivity index (χ0v) is 12.9. The van der Waals surface area contributed by atoms with E-state index < -0.39 is 0 Å². The van der Waals surface area contributed by atoms with Gasteiger partial charge in [-0.15, -0.1) is 0 Å². The zero-order valence-electron chi connectivity index (χ0n) is 12.9. The predicted octanol–water partition coefficient (Wildman–Crippen LogP) is 3.85. The maximum absolute atomic E-state index is 9.12. The van der Waals surface area contributed by atoms with E-state index >= 15 is 0 Å². The lowest BCUT2D eigenvalue weighted by Gasteiger charge is -2.08. The summed E-state index contributed by atoms with van der Waals surface area (Å²) in [5, 5.41) is 18.0. The van der Waals surface area contributed by atoms with Crippen molar-refractivity contribution >= 4 is 12.2 Å². The van der Waals surface area contributed by atoms with E-state index in [0.717, 1.165) is 16.7 Å². The van der Waals surface area contributed by atoms with Crippen molar-refractivity contribution in [3.63, 3.8) is 0 Å². The topological polar surface area (TPSA) is 65.4 Å². The summed E-state index contributed by atoms with van der Waals surface area (Å²) < 4.78 is 1.97. The Kier molecular flexibility index (Phi) is 4.51. The normalized spacial score (nSPS) is 10.4. The van der Waals surface area contributed by atoms with Gasteiger partial charge in [0, 0.05) is 18.9 Å². The number of nitrogens with zero attached hydrogens (tertiary/aromatic N) is 4. The van der Waals surface area contributed by atoms with Crippen LogP contribution < -0.4 is 0 Å². The summed E-state index contributed by atoms with van der Waals surface area (Å²) in [4.78, 5) is 4.05.